The highest BCUT2D eigenvalue weighted by molar-refractivity contribution is 5.92. The lowest BCUT2D eigenvalue weighted by Gasteiger charge is -2.24. The third kappa shape index (κ3) is 2.68. The molecular formula is C11H16N4O. The number of nitrogens with zero attached hydrogens (tertiary/aromatic N) is 2. The van der Waals surface area contributed by atoms with Crippen molar-refractivity contribution in [2.24, 2.45) is 11.7 Å². The van der Waals surface area contributed by atoms with Crippen LogP contribution in [0.15, 0.2) is 12.4 Å². The quantitative estimate of drug-likeness (QED) is 0.579. The van der Waals surface area contributed by atoms with E-state index < -0.39 is 0 Å². The maximum Gasteiger partial charge on any atom is 0.232 e. The second-order valence-electron chi connectivity index (χ2n) is 4.09. The summed E-state index contributed by atoms with van der Waals surface area (Å²) in [5, 5.41) is 7.17. The topological polar surface area (TPSA) is 84.9 Å². The van der Waals surface area contributed by atoms with Crippen LogP contribution in [0.4, 0.5) is 0 Å². The molecule has 16 heavy (non-hydrogen) atoms. The summed E-state index contributed by atoms with van der Waals surface area (Å²) in [6.45, 7) is 0.693. The van der Waals surface area contributed by atoms with Gasteiger partial charge in [0.2, 0.25) is 5.88 Å². The monoisotopic (exact) mass is 220 g/mol. The highest BCUT2D eigenvalue weighted by Crippen LogP contribution is 2.29. The standard InChI is InChI=1S/C11H16N4O/c12-11(13)9-6-15-10(7-14-9)16-5-4-8-2-1-3-8/h6-8H,1-5H2,(H3,12,13). The molecule has 1 fully saturated rings. The molecule has 0 spiro atoms. The molecular weight excluding hydrogens is 204 g/mol. The first-order valence-electron chi connectivity index (χ1n) is 5.55. The van der Waals surface area contributed by atoms with E-state index in [0.29, 0.717) is 18.2 Å². The van der Waals surface area contributed by atoms with Crippen LogP contribution < -0.4 is 10.5 Å². The molecule has 86 valence electrons. The van der Waals surface area contributed by atoms with Crippen molar-refractivity contribution in [1.29, 1.82) is 5.41 Å². The molecule has 1 saturated carbocycles. The van der Waals surface area contributed by atoms with Crippen molar-refractivity contribution < 1.29 is 4.74 Å². The Hall–Kier alpha value is -1.65. The van der Waals surface area contributed by atoms with Crippen molar-refractivity contribution in [2.45, 2.75) is 25.7 Å². The molecule has 0 amide bonds. The van der Waals surface area contributed by atoms with Gasteiger partial charge in [-0.1, -0.05) is 19.3 Å². The molecule has 0 aliphatic heterocycles. The second-order valence-corrected chi connectivity index (χ2v) is 4.09. The van der Waals surface area contributed by atoms with Gasteiger partial charge in [0.15, 0.2) is 0 Å². The highest BCUT2D eigenvalue weighted by atomic mass is 16.5. The van der Waals surface area contributed by atoms with Crippen LogP contribution in [0.2, 0.25) is 0 Å². The Morgan fingerprint density at radius 1 is 1.44 bits per heavy atom. The van der Waals surface area contributed by atoms with Crippen LogP contribution in [0.5, 0.6) is 5.88 Å². The van der Waals surface area contributed by atoms with Crippen LogP contribution in [0.3, 0.4) is 0 Å². The van der Waals surface area contributed by atoms with Gasteiger partial charge in [0.25, 0.3) is 0 Å². The minimum Gasteiger partial charge on any atom is -0.477 e. The predicted octanol–water partition coefficient (Wildman–Crippen LogP) is 1.33. The van der Waals surface area contributed by atoms with E-state index in [9.17, 15) is 0 Å². The van der Waals surface area contributed by atoms with Gasteiger partial charge >= 0.3 is 0 Å². The maximum absolute atomic E-state index is 7.17. The molecule has 1 aliphatic rings. The summed E-state index contributed by atoms with van der Waals surface area (Å²) >= 11 is 0. The van der Waals surface area contributed by atoms with Crippen LogP contribution in [0.25, 0.3) is 0 Å². The van der Waals surface area contributed by atoms with Crippen molar-refractivity contribution >= 4 is 5.84 Å². The zero-order valence-corrected chi connectivity index (χ0v) is 9.15. The Kier molecular flexibility index (Phi) is 3.34. The van der Waals surface area contributed by atoms with Gasteiger partial charge in [-0.2, -0.15) is 0 Å². The van der Waals surface area contributed by atoms with Gasteiger partial charge in [0.1, 0.15) is 11.5 Å². The van der Waals surface area contributed by atoms with Crippen LogP contribution in [-0.2, 0) is 0 Å². The van der Waals surface area contributed by atoms with Crippen molar-refractivity contribution in [3.8, 4) is 5.88 Å². The number of hydrogen-bond donors (Lipinski definition) is 2. The Bertz CT molecular complexity index is 359. The number of aromatic nitrogens is 2. The van der Waals surface area contributed by atoms with Crippen LogP contribution in [0, 0.1) is 11.3 Å². The minimum atomic E-state index is -0.0754. The summed E-state index contributed by atoms with van der Waals surface area (Å²) in [5.41, 5.74) is 5.65. The summed E-state index contributed by atoms with van der Waals surface area (Å²) in [7, 11) is 0. The van der Waals surface area contributed by atoms with Gasteiger partial charge in [0.05, 0.1) is 19.0 Å². The Balaban J connectivity index is 1.78. The van der Waals surface area contributed by atoms with Gasteiger partial charge in [-0.15, -0.1) is 0 Å². The molecule has 1 aromatic rings. The number of nitrogen functional groups attached to an aromatic ring is 1. The first-order chi connectivity index (χ1) is 7.75. The van der Waals surface area contributed by atoms with E-state index in [0.717, 1.165) is 12.3 Å². The highest BCUT2D eigenvalue weighted by Gasteiger charge is 2.16. The predicted molar refractivity (Wildman–Crippen MR) is 60.5 cm³/mol. The summed E-state index contributed by atoms with van der Waals surface area (Å²) in [5.74, 6) is 1.27. The SMILES string of the molecule is N=C(N)c1cnc(OCCC2CCC2)cn1. The Morgan fingerprint density at radius 2 is 2.25 bits per heavy atom. The molecule has 5 nitrogen and oxygen atoms in total. The Labute approximate surface area is 94.6 Å². The fourth-order valence-electron chi connectivity index (χ4n) is 1.64. The molecule has 1 heterocycles. The lowest BCUT2D eigenvalue weighted by atomic mass is 9.83. The van der Waals surface area contributed by atoms with E-state index in [1.165, 1.54) is 31.7 Å². The van der Waals surface area contributed by atoms with Crippen molar-refractivity contribution in [2.75, 3.05) is 6.61 Å². The molecule has 2 rings (SSSR count). The van der Waals surface area contributed by atoms with E-state index >= 15 is 0 Å². The van der Waals surface area contributed by atoms with Crippen molar-refractivity contribution in [3.05, 3.63) is 18.1 Å². The number of rotatable bonds is 5. The molecule has 0 bridgehead atoms. The normalized spacial score (nSPS) is 15.5. The molecule has 1 aromatic heterocycles. The summed E-state index contributed by atoms with van der Waals surface area (Å²) in [4.78, 5) is 8.01. The summed E-state index contributed by atoms with van der Waals surface area (Å²) in [6, 6.07) is 0. The third-order valence-electron chi connectivity index (χ3n) is 2.90. The van der Waals surface area contributed by atoms with Crippen LogP contribution >= 0.6 is 0 Å². The number of ether oxygens (including phenoxy) is 1. The zero-order valence-electron chi connectivity index (χ0n) is 9.15. The first-order valence-corrected chi connectivity index (χ1v) is 5.55. The average Bonchev–Trinajstić information content (AvgIpc) is 2.22. The first kappa shape index (κ1) is 10.9. The zero-order chi connectivity index (χ0) is 11.4. The van der Waals surface area contributed by atoms with Gasteiger partial charge in [-0.3, -0.25) is 5.41 Å². The molecule has 1 aliphatic carbocycles. The summed E-state index contributed by atoms with van der Waals surface area (Å²) in [6.07, 6.45) is 8.09. The smallest absolute Gasteiger partial charge is 0.232 e. The molecule has 0 aromatic carbocycles. The average molecular weight is 220 g/mol. The van der Waals surface area contributed by atoms with E-state index in [-0.39, 0.29) is 5.84 Å². The second kappa shape index (κ2) is 4.92. The van der Waals surface area contributed by atoms with Crippen LogP contribution in [0.1, 0.15) is 31.4 Å². The van der Waals surface area contributed by atoms with Gasteiger partial charge in [-0.05, 0) is 12.3 Å². The minimum absolute atomic E-state index is 0.0754. The van der Waals surface area contributed by atoms with Crippen molar-refractivity contribution in [1.82, 2.24) is 9.97 Å². The lowest BCUT2D eigenvalue weighted by molar-refractivity contribution is 0.217. The van der Waals surface area contributed by atoms with E-state index in [4.69, 9.17) is 15.9 Å². The number of nitrogens with two attached hydrogens (primary N) is 1. The molecule has 0 radical (unpaired) electrons. The lowest BCUT2D eigenvalue weighted by Crippen LogP contribution is -2.15. The number of hydrogen-bond acceptors (Lipinski definition) is 4. The maximum atomic E-state index is 7.17. The van der Waals surface area contributed by atoms with E-state index in [1.807, 2.05) is 0 Å². The molecule has 0 atom stereocenters. The number of nitrogens with one attached hydrogen (secondary N) is 1. The van der Waals surface area contributed by atoms with Gasteiger partial charge < -0.3 is 10.5 Å². The van der Waals surface area contributed by atoms with Gasteiger partial charge in [-0.25, -0.2) is 9.97 Å². The largest absolute Gasteiger partial charge is 0.477 e. The van der Waals surface area contributed by atoms with Crippen molar-refractivity contribution in [3.63, 3.8) is 0 Å². The molecule has 3 N–H and O–H groups in total. The molecule has 0 saturated heterocycles. The third-order valence-corrected chi connectivity index (χ3v) is 2.90. The van der Waals surface area contributed by atoms with E-state index in [1.54, 1.807) is 0 Å². The van der Waals surface area contributed by atoms with Crippen LogP contribution in [-0.4, -0.2) is 22.4 Å². The fourth-order valence-corrected chi connectivity index (χ4v) is 1.64. The van der Waals surface area contributed by atoms with Gasteiger partial charge in [0, 0.05) is 0 Å². The fraction of sp³-hybridized carbons (Fsp3) is 0.545. The van der Waals surface area contributed by atoms with E-state index in [2.05, 4.69) is 9.97 Å². The molecule has 0 unspecified atom stereocenters. The number of amidine groups is 1. The molecule has 5 heteroatoms. The Morgan fingerprint density at radius 3 is 2.75 bits per heavy atom. The summed E-state index contributed by atoms with van der Waals surface area (Å²) < 4.78 is 5.46.